The molecule has 1 heterocycles. The molecule has 0 spiro atoms. The van der Waals surface area contributed by atoms with Gasteiger partial charge in [-0.05, 0) is 24.1 Å². The Bertz CT molecular complexity index is 432. The highest BCUT2D eigenvalue weighted by Crippen LogP contribution is 2.10. The van der Waals surface area contributed by atoms with Gasteiger partial charge in [0.15, 0.2) is 0 Å². The van der Waals surface area contributed by atoms with Crippen molar-refractivity contribution < 1.29 is 14.7 Å². The fourth-order valence-corrected chi connectivity index (χ4v) is 1.93. The molecule has 18 heavy (non-hydrogen) atoms. The van der Waals surface area contributed by atoms with Gasteiger partial charge in [-0.25, -0.2) is 0 Å². The molecule has 1 aliphatic heterocycles. The molecule has 2 rings (SSSR count). The Hall–Kier alpha value is -2.04. The maximum Gasteiger partial charge on any atom is 0.224 e. The smallest absolute Gasteiger partial charge is 0.224 e. The van der Waals surface area contributed by atoms with Crippen LogP contribution in [0, 0.1) is 0 Å². The third-order valence-corrected chi connectivity index (χ3v) is 2.93. The van der Waals surface area contributed by atoms with Crippen molar-refractivity contribution in [1.82, 2.24) is 10.6 Å². The number of amides is 2. The van der Waals surface area contributed by atoms with Gasteiger partial charge < -0.3 is 15.7 Å². The van der Waals surface area contributed by atoms with E-state index in [0.717, 1.165) is 5.56 Å². The fraction of sp³-hybridized carbons (Fsp3) is 0.385. The lowest BCUT2D eigenvalue weighted by atomic mass is 10.1. The molecular weight excluding hydrogens is 232 g/mol. The van der Waals surface area contributed by atoms with Gasteiger partial charge in [0.05, 0.1) is 6.42 Å². The number of carbonyl (C=O) groups is 2. The number of benzene rings is 1. The van der Waals surface area contributed by atoms with Crippen LogP contribution in [0.2, 0.25) is 0 Å². The third kappa shape index (κ3) is 3.48. The summed E-state index contributed by atoms with van der Waals surface area (Å²) in [6, 6.07) is 6.58. The first kappa shape index (κ1) is 12.4. The predicted molar refractivity (Wildman–Crippen MR) is 66.0 cm³/mol. The largest absolute Gasteiger partial charge is 0.508 e. The number of phenols is 1. The van der Waals surface area contributed by atoms with Gasteiger partial charge in [-0.2, -0.15) is 0 Å². The molecule has 0 bridgehead atoms. The van der Waals surface area contributed by atoms with E-state index >= 15 is 0 Å². The quantitative estimate of drug-likeness (QED) is 0.721. The Morgan fingerprint density at radius 1 is 1.39 bits per heavy atom. The molecule has 0 saturated carbocycles. The molecule has 1 fully saturated rings. The first-order valence-electron chi connectivity index (χ1n) is 5.97. The van der Waals surface area contributed by atoms with Crippen LogP contribution in [0.5, 0.6) is 5.75 Å². The summed E-state index contributed by atoms with van der Waals surface area (Å²) in [6.45, 7) is 0.500. The third-order valence-electron chi connectivity index (χ3n) is 2.93. The topological polar surface area (TPSA) is 78.4 Å². The zero-order valence-electron chi connectivity index (χ0n) is 9.98. The predicted octanol–water partition coefficient (Wildman–Crippen LogP) is 0.329. The van der Waals surface area contributed by atoms with Crippen molar-refractivity contribution in [1.29, 1.82) is 0 Å². The number of piperidine rings is 1. The maximum atomic E-state index is 11.8. The Kier molecular flexibility index (Phi) is 3.82. The van der Waals surface area contributed by atoms with E-state index in [9.17, 15) is 9.59 Å². The minimum atomic E-state index is -0.0677. The first-order chi connectivity index (χ1) is 8.63. The van der Waals surface area contributed by atoms with Gasteiger partial charge in [-0.15, -0.1) is 0 Å². The van der Waals surface area contributed by atoms with Crippen LogP contribution in [0.25, 0.3) is 0 Å². The summed E-state index contributed by atoms with van der Waals surface area (Å²) in [5.41, 5.74) is 0.852. The van der Waals surface area contributed by atoms with Gasteiger partial charge in [0.25, 0.3) is 0 Å². The van der Waals surface area contributed by atoms with E-state index in [-0.39, 0.29) is 30.0 Å². The van der Waals surface area contributed by atoms with E-state index < -0.39 is 0 Å². The Labute approximate surface area is 105 Å². The van der Waals surface area contributed by atoms with E-state index in [2.05, 4.69) is 10.6 Å². The lowest BCUT2D eigenvalue weighted by Gasteiger charge is -2.23. The number of aromatic hydroxyl groups is 1. The second kappa shape index (κ2) is 5.53. The standard InChI is InChI=1S/C13H16N2O3/c16-11-4-1-9(2-5-11)7-13(18)15-10-3-6-12(17)14-8-10/h1-2,4-5,10,16H,3,6-8H2,(H,14,17)(H,15,18). The van der Waals surface area contributed by atoms with Gasteiger partial charge in [-0.1, -0.05) is 12.1 Å². The summed E-state index contributed by atoms with van der Waals surface area (Å²) in [4.78, 5) is 22.7. The van der Waals surface area contributed by atoms with E-state index in [1.54, 1.807) is 24.3 Å². The second-order valence-corrected chi connectivity index (χ2v) is 4.45. The van der Waals surface area contributed by atoms with Gasteiger partial charge >= 0.3 is 0 Å². The van der Waals surface area contributed by atoms with Crippen LogP contribution in [-0.2, 0) is 16.0 Å². The highest BCUT2D eigenvalue weighted by atomic mass is 16.3. The van der Waals surface area contributed by atoms with Crippen LogP contribution in [0.15, 0.2) is 24.3 Å². The average Bonchev–Trinajstić information content (AvgIpc) is 2.35. The number of rotatable bonds is 3. The Balaban J connectivity index is 1.81. The van der Waals surface area contributed by atoms with Crippen LogP contribution in [0.3, 0.4) is 0 Å². The molecule has 1 unspecified atom stereocenters. The number of phenolic OH excluding ortho intramolecular Hbond substituents is 1. The van der Waals surface area contributed by atoms with Gasteiger partial charge in [0.2, 0.25) is 11.8 Å². The lowest BCUT2D eigenvalue weighted by Crippen LogP contribution is -2.48. The zero-order chi connectivity index (χ0) is 13.0. The summed E-state index contributed by atoms with van der Waals surface area (Å²) in [5, 5.41) is 14.7. The van der Waals surface area contributed by atoms with Crippen LogP contribution >= 0.6 is 0 Å². The molecule has 1 aromatic carbocycles. The molecule has 96 valence electrons. The molecule has 0 aliphatic carbocycles. The Morgan fingerprint density at radius 2 is 2.11 bits per heavy atom. The second-order valence-electron chi connectivity index (χ2n) is 4.45. The lowest BCUT2D eigenvalue weighted by molar-refractivity contribution is -0.125. The van der Waals surface area contributed by atoms with Crippen molar-refractivity contribution in [2.24, 2.45) is 0 Å². The minimum absolute atomic E-state index is 0.0207. The van der Waals surface area contributed by atoms with Crippen molar-refractivity contribution >= 4 is 11.8 Å². The highest BCUT2D eigenvalue weighted by Gasteiger charge is 2.19. The van der Waals surface area contributed by atoms with Crippen LogP contribution in [0.1, 0.15) is 18.4 Å². The number of hydrogen-bond acceptors (Lipinski definition) is 3. The minimum Gasteiger partial charge on any atom is -0.508 e. The number of hydrogen-bond donors (Lipinski definition) is 3. The molecule has 2 amide bonds. The molecule has 1 atom stereocenters. The molecule has 1 aliphatic rings. The van der Waals surface area contributed by atoms with Crippen LogP contribution in [-0.4, -0.2) is 29.5 Å². The van der Waals surface area contributed by atoms with Crippen LogP contribution in [0.4, 0.5) is 0 Å². The monoisotopic (exact) mass is 248 g/mol. The molecule has 1 saturated heterocycles. The van der Waals surface area contributed by atoms with Crippen LogP contribution < -0.4 is 10.6 Å². The van der Waals surface area contributed by atoms with Gasteiger partial charge in [0, 0.05) is 19.0 Å². The SMILES string of the molecule is O=C1CCC(NC(=O)Cc2ccc(O)cc2)CN1. The van der Waals surface area contributed by atoms with Crippen molar-refractivity contribution in [3.05, 3.63) is 29.8 Å². The maximum absolute atomic E-state index is 11.8. The fourth-order valence-electron chi connectivity index (χ4n) is 1.93. The number of carbonyl (C=O) groups excluding carboxylic acids is 2. The average molecular weight is 248 g/mol. The molecule has 5 nitrogen and oxygen atoms in total. The van der Waals surface area contributed by atoms with Crippen molar-refractivity contribution in [3.8, 4) is 5.75 Å². The van der Waals surface area contributed by atoms with Gasteiger partial charge in [-0.3, -0.25) is 9.59 Å². The zero-order valence-corrected chi connectivity index (χ0v) is 9.98. The summed E-state index contributed by atoms with van der Waals surface area (Å²) in [5.74, 6) is 0.162. The summed E-state index contributed by atoms with van der Waals surface area (Å²) in [7, 11) is 0. The van der Waals surface area contributed by atoms with Crippen molar-refractivity contribution in [2.45, 2.75) is 25.3 Å². The van der Waals surface area contributed by atoms with E-state index in [4.69, 9.17) is 5.11 Å². The molecule has 1 aromatic rings. The van der Waals surface area contributed by atoms with Crippen molar-refractivity contribution in [2.75, 3.05) is 6.54 Å². The normalized spacial score (nSPS) is 19.1. The summed E-state index contributed by atoms with van der Waals surface area (Å²) >= 11 is 0. The highest BCUT2D eigenvalue weighted by molar-refractivity contribution is 5.80. The van der Waals surface area contributed by atoms with Crippen molar-refractivity contribution in [3.63, 3.8) is 0 Å². The molecule has 0 aromatic heterocycles. The van der Waals surface area contributed by atoms with Gasteiger partial charge in [0.1, 0.15) is 5.75 Å². The summed E-state index contributed by atoms with van der Waals surface area (Å²) in [6.07, 6.45) is 1.43. The van der Waals surface area contributed by atoms with E-state index in [0.29, 0.717) is 19.4 Å². The number of nitrogens with one attached hydrogen (secondary N) is 2. The molecule has 0 radical (unpaired) electrons. The molecule has 3 N–H and O–H groups in total. The van der Waals surface area contributed by atoms with E-state index in [1.807, 2.05) is 0 Å². The van der Waals surface area contributed by atoms with E-state index in [1.165, 1.54) is 0 Å². The molecular formula is C13H16N2O3. The molecule has 5 heteroatoms. The first-order valence-corrected chi connectivity index (χ1v) is 5.97. The Morgan fingerprint density at radius 3 is 2.72 bits per heavy atom. The summed E-state index contributed by atoms with van der Waals surface area (Å²) < 4.78 is 0.